The van der Waals surface area contributed by atoms with Gasteiger partial charge in [0.25, 0.3) is 0 Å². The molecule has 0 aliphatic rings. The summed E-state index contributed by atoms with van der Waals surface area (Å²) >= 11 is 0. The van der Waals surface area contributed by atoms with Gasteiger partial charge in [0.1, 0.15) is 12.6 Å². The fourth-order valence-electron chi connectivity index (χ4n) is 0.0962. The molecule has 0 aromatic carbocycles. The number of carbonyl (C=O) groups excluding carboxylic acids is 4. The van der Waals surface area contributed by atoms with Crippen molar-refractivity contribution in [2.75, 3.05) is 0 Å². The zero-order valence-electron chi connectivity index (χ0n) is 9.94. The van der Waals surface area contributed by atoms with Crippen LogP contribution in [-0.2, 0) is 36.0 Å². The molecule has 0 aromatic rings. The number of carbonyl (C=O) groups is 4. The maximum absolute atomic E-state index is 9.91. The molecule has 0 saturated heterocycles. The van der Waals surface area contributed by atoms with Gasteiger partial charge in [-0.3, -0.25) is 0 Å². The first-order valence-electron chi connectivity index (χ1n) is 4.37. The van der Waals surface area contributed by atoms with Crippen molar-refractivity contribution < 1.29 is 46.2 Å². The molecule has 0 saturated carbocycles. The number of hydrogen-bond acceptors (Lipinski definition) is 6. The minimum atomic E-state index is -1.34. The van der Waals surface area contributed by atoms with Crippen LogP contribution >= 0.6 is 0 Å². The van der Waals surface area contributed by atoms with Crippen molar-refractivity contribution in [1.82, 2.24) is 0 Å². The minimum absolute atomic E-state index is 0. The van der Waals surface area contributed by atoms with Crippen LogP contribution in [0.25, 0.3) is 0 Å². The predicted octanol–water partition coefficient (Wildman–Crippen LogP) is -2.08. The van der Waals surface area contributed by atoms with Crippen LogP contribution in [0, 0.1) is 10.8 Å². The van der Waals surface area contributed by atoms with Crippen LogP contribution in [0.2, 0.25) is 0 Å². The van der Waals surface area contributed by atoms with Crippen LogP contribution in [0.1, 0.15) is 27.7 Å². The van der Waals surface area contributed by atoms with E-state index in [1.165, 1.54) is 27.7 Å². The van der Waals surface area contributed by atoms with Crippen LogP contribution in [0.4, 0.5) is 0 Å². The van der Waals surface area contributed by atoms with Gasteiger partial charge >= 0.3 is 16.8 Å². The van der Waals surface area contributed by atoms with Gasteiger partial charge in [-0.2, -0.15) is 0 Å². The van der Waals surface area contributed by atoms with E-state index in [2.05, 4.69) is 0 Å². The topological polar surface area (TPSA) is 114 Å². The zero-order valence-corrected chi connectivity index (χ0v) is 11.0. The Morgan fingerprint density at radius 2 is 1.00 bits per heavy atom. The van der Waals surface area contributed by atoms with Gasteiger partial charge in [-0.05, 0) is 27.7 Å². The van der Waals surface area contributed by atoms with E-state index in [1.54, 1.807) is 0 Å². The maximum Gasteiger partial charge on any atom is 2.00 e. The van der Waals surface area contributed by atoms with Crippen molar-refractivity contribution >= 4 is 24.5 Å². The van der Waals surface area contributed by atoms with E-state index in [0.29, 0.717) is 12.6 Å². The first kappa shape index (κ1) is 21.1. The Kier molecular flexibility index (Phi) is 9.89. The van der Waals surface area contributed by atoms with Gasteiger partial charge in [0.15, 0.2) is 0 Å². The Balaban J connectivity index is -0.000000218. The molecule has 0 N–H and O–H groups in total. The van der Waals surface area contributed by atoms with Gasteiger partial charge in [-0.25, -0.2) is 0 Å². The van der Waals surface area contributed by atoms with Crippen molar-refractivity contribution in [2.45, 2.75) is 27.7 Å². The van der Waals surface area contributed by atoms with Crippen molar-refractivity contribution in [2.24, 2.45) is 10.8 Å². The average molecular weight is 289 g/mol. The molecule has 0 aliphatic carbocycles. The maximum atomic E-state index is 9.91. The summed E-state index contributed by atoms with van der Waals surface area (Å²) in [7, 11) is 0. The van der Waals surface area contributed by atoms with E-state index in [1.807, 2.05) is 0 Å². The number of aliphatic carboxylic acids is 2. The fourth-order valence-corrected chi connectivity index (χ4v) is 0.0962. The number of aldehydes is 2. The Morgan fingerprint density at radius 1 is 0.824 bits per heavy atom. The molecule has 1 radical (unpaired) electrons. The van der Waals surface area contributed by atoms with Gasteiger partial charge in [-0.15, -0.1) is 0 Å². The SMILES string of the molecule is CC(C)(C=O)C(=O)[O-].CC(C)(C=O)C(=O)[O-].[Co+2]. The molecule has 0 amide bonds. The monoisotopic (exact) mass is 289 g/mol. The van der Waals surface area contributed by atoms with Crippen molar-refractivity contribution in [3.05, 3.63) is 0 Å². The molecule has 7 heteroatoms. The molecular formula is C10H14CoO6. The molecule has 99 valence electrons. The first-order chi connectivity index (χ1) is 7.01. The van der Waals surface area contributed by atoms with E-state index < -0.39 is 22.8 Å². The molecule has 6 nitrogen and oxygen atoms in total. The van der Waals surface area contributed by atoms with Gasteiger partial charge in [0.05, 0.1) is 22.8 Å². The van der Waals surface area contributed by atoms with Gasteiger partial charge in [-0.1, -0.05) is 0 Å². The van der Waals surface area contributed by atoms with Crippen LogP contribution in [0.3, 0.4) is 0 Å². The van der Waals surface area contributed by atoms with Crippen LogP contribution in [-0.4, -0.2) is 24.5 Å². The Bertz CT molecular complexity index is 265. The molecule has 0 unspecified atom stereocenters. The van der Waals surface area contributed by atoms with Gasteiger partial charge < -0.3 is 29.4 Å². The summed E-state index contributed by atoms with van der Waals surface area (Å²) in [5.41, 5.74) is -2.67. The van der Waals surface area contributed by atoms with Crippen LogP contribution in [0.5, 0.6) is 0 Å². The van der Waals surface area contributed by atoms with Crippen LogP contribution in [0.15, 0.2) is 0 Å². The van der Waals surface area contributed by atoms with Crippen molar-refractivity contribution in [3.8, 4) is 0 Å². The van der Waals surface area contributed by atoms with E-state index in [0.717, 1.165) is 0 Å². The van der Waals surface area contributed by atoms with E-state index >= 15 is 0 Å². The predicted molar refractivity (Wildman–Crippen MR) is 49.7 cm³/mol. The number of hydrogen-bond donors (Lipinski definition) is 0. The standard InChI is InChI=1S/2C5H8O3.Co/c2*1-5(2,3-6)4(7)8;/h2*3H,1-2H3,(H,7,8);/q;;+2/p-2. The minimum Gasteiger partial charge on any atom is -0.549 e. The fraction of sp³-hybridized carbons (Fsp3) is 0.600. The Morgan fingerprint density at radius 3 is 1.00 bits per heavy atom. The van der Waals surface area contributed by atoms with Crippen LogP contribution < -0.4 is 10.2 Å². The summed E-state index contributed by atoms with van der Waals surface area (Å²) in [6.45, 7) is 5.15. The largest absolute Gasteiger partial charge is 2.00 e. The quantitative estimate of drug-likeness (QED) is 0.433. The second-order valence-electron chi connectivity index (χ2n) is 4.25. The number of rotatable bonds is 4. The molecule has 0 spiro atoms. The van der Waals surface area contributed by atoms with Crippen molar-refractivity contribution in [3.63, 3.8) is 0 Å². The van der Waals surface area contributed by atoms with Gasteiger partial charge in [0, 0.05) is 0 Å². The first-order valence-corrected chi connectivity index (χ1v) is 4.37. The number of carboxylic acids is 2. The molecule has 0 fully saturated rings. The summed E-state index contributed by atoms with van der Waals surface area (Å²) in [6.07, 6.45) is 0.699. The molecule has 0 aliphatic heterocycles. The third kappa shape index (κ3) is 8.58. The summed E-state index contributed by atoms with van der Waals surface area (Å²) in [4.78, 5) is 39.5. The smallest absolute Gasteiger partial charge is 0.549 e. The normalized spacial score (nSPS) is 10.1. The van der Waals surface area contributed by atoms with Crippen molar-refractivity contribution in [1.29, 1.82) is 0 Å². The summed E-state index contributed by atoms with van der Waals surface area (Å²) in [5.74, 6) is -2.68. The molecule has 0 aromatic heterocycles. The Labute approximate surface area is 110 Å². The Hall–Kier alpha value is -1.21. The summed E-state index contributed by atoms with van der Waals surface area (Å²) in [5, 5.41) is 19.8. The molecular weight excluding hydrogens is 275 g/mol. The second-order valence-corrected chi connectivity index (χ2v) is 4.25. The number of carboxylic acid groups (broad SMARTS) is 2. The summed E-state index contributed by atoms with van der Waals surface area (Å²) < 4.78 is 0. The second kappa shape index (κ2) is 7.96. The molecule has 17 heavy (non-hydrogen) atoms. The van der Waals surface area contributed by atoms with E-state index in [-0.39, 0.29) is 16.8 Å². The zero-order chi connectivity index (χ0) is 13.6. The third-order valence-electron chi connectivity index (χ3n) is 1.64. The average Bonchev–Trinajstić information content (AvgIpc) is 2.18. The molecule has 0 bridgehead atoms. The van der Waals surface area contributed by atoms with E-state index in [9.17, 15) is 29.4 Å². The van der Waals surface area contributed by atoms with Gasteiger partial charge in [0.2, 0.25) is 0 Å². The summed E-state index contributed by atoms with van der Waals surface area (Å²) in [6, 6.07) is 0. The third-order valence-corrected chi connectivity index (χ3v) is 1.64. The molecule has 0 rings (SSSR count). The molecule has 0 heterocycles. The molecule has 0 atom stereocenters. The van der Waals surface area contributed by atoms with E-state index in [4.69, 9.17) is 0 Å².